The average Bonchev–Trinajstić information content (AvgIpc) is 2.14. The van der Waals surface area contributed by atoms with E-state index in [1.54, 1.807) is 0 Å². The molecule has 0 radical (unpaired) electrons. The van der Waals surface area contributed by atoms with E-state index in [4.69, 9.17) is 5.73 Å². The van der Waals surface area contributed by atoms with E-state index in [-0.39, 0.29) is 18.0 Å². The molecule has 0 unspecified atom stereocenters. The van der Waals surface area contributed by atoms with Crippen molar-refractivity contribution >= 4 is 17.5 Å². The molecule has 0 spiro atoms. The number of hydrogen-bond acceptors (Lipinski definition) is 5. The lowest BCUT2D eigenvalue weighted by Crippen LogP contribution is -2.43. The molecule has 0 atom stereocenters. The lowest BCUT2D eigenvalue weighted by atomic mass is 10.1. The number of nitrogen functional groups attached to an aromatic ring is 1. The smallest absolute Gasteiger partial charge is 0.239 e. The van der Waals surface area contributed by atoms with Crippen molar-refractivity contribution in [3.8, 4) is 0 Å². The van der Waals surface area contributed by atoms with E-state index in [2.05, 4.69) is 20.6 Å². The SMILES string of the molecule is CC(C)(C)NC(=O)CNc1cnc(N)cn1. The molecule has 16 heavy (non-hydrogen) atoms. The van der Waals surface area contributed by atoms with E-state index in [1.807, 2.05) is 20.8 Å². The first kappa shape index (κ1) is 12.2. The molecular weight excluding hydrogens is 206 g/mol. The van der Waals surface area contributed by atoms with Crippen molar-refractivity contribution in [2.24, 2.45) is 0 Å². The Kier molecular flexibility index (Phi) is 3.65. The second kappa shape index (κ2) is 4.78. The second-order valence-corrected chi connectivity index (χ2v) is 4.48. The highest BCUT2D eigenvalue weighted by molar-refractivity contribution is 5.80. The molecular formula is C10H17N5O. The Labute approximate surface area is 94.7 Å². The maximum atomic E-state index is 11.5. The molecule has 1 rings (SSSR count). The predicted molar refractivity (Wildman–Crippen MR) is 62.8 cm³/mol. The average molecular weight is 223 g/mol. The fraction of sp³-hybridized carbons (Fsp3) is 0.500. The molecule has 0 aliphatic rings. The number of hydrogen-bond donors (Lipinski definition) is 3. The van der Waals surface area contributed by atoms with Gasteiger partial charge < -0.3 is 16.4 Å². The molecule has 0 aliphatic heterocycles. The molecule has 0 saturated heterocycles. The molecule has 0 fully saturated rings. The predicted octanol–water partition coefficient (Wildman–Crippen LogP) is 0.385. The summed E-state index contributed by atoms with van der Waals surface area (Å²) in [4.78, 5) is 19.3. The van der Waals surface area contributed by atoms with Crippen molar-refractivity contribution in [1.82, 2.24) is 15.3 Å². The number of anilines is 2. The first-order chi connectivity index (χ1) is 7.37. The number of nitrogens with zero attached hydrogens (tertiary/aromatic N) is 2. The lowest BCUT2D eigenvalue weighted by molar-refractivity contribution is -0.120. The van der Waals surface area contributed by atoms with Gasteiger partial charge in [0.05, 0.1) is 18.9 Å². The van der Waals surface area contributed by atoms with Gasteiger partial charge in [-0.15, -0.1) is 0 Å². The summed E-state index contributed by atoms with van der Waals surface area (Å²) in [5.41, 5.74) is 5.15. The molecule has 1 amide bonds. The van der Waals surface area contributed by atoms with Crippen LogP contribution in [0.3, 0.4) is 0 Å². The van der Waals surface area contributed by atoms with Crippen LogP contribution in [0.2, 0.25) is 0 Å². The molecule has 1 aromatic heterocycles. The summed E-state index contributed by atoms with van der Waals surface area (Å²) in [7, 11) is 0. The zero-order valence-electron chi connectivity index (χ0n) is 9.74. The molecule has 1 heterocycles. The van der Waals surface area contributed by atoms with Gasteiger partial charge in [-0.05, 0) is 20.8 Å². The summed E-state index contributed by atoms with van der Waals surface area (Å²) in [5.74, 6) is 0.786. The van der Waals surface area contributed by atoms with Crippen LogP contribution in [-0.4, -0.2) is 28.0 Å². The normalized spacial score (nSPS) is 10.9. The zero-order chi connectivity index (χ0) is 12.2. The zero-order valence-corrected chi connectivity index (χ0v) is 9.74. The summed E-state index contributed by atoms with van der Waals surface area (Å²) in [6, 6.07) is 0. The fourth-order valence-corrected chi connectivity index (χ4v) is 1.06. The fourth-order valence-electron chi connectivity index (χ4n) is 1.06. The first-order valence-electron chi connectivity index (χ1n) is 4.99. The van der Waals surface area contributed by atoms with E-state index in [0.717, 1.165) is 0 Å². The number of carbonyl (C=O) groups is 1. The quantitative estimate of drug-likeness (QED) is 0.689. The van der Waals surface area contributed by atoms with Gasteiger partial charge in [0, 0.05) is 5.54 Å². The van der Waals surface area contributed by atoms with E-state index < -0.39 is 0 Å². The van der Waals surface area contributed by atoms with Gasteiger partial charge >= 0.3 is 0 Å². The summed E-state index contributed by atoms with van der Waals surface area (Å²) < 4.78 is 0. The number of nitrogens with two attached hydrogens (primary N) is 1. The van der Waals surface area contributed by atoms with Crippen molar-refractivity contribution in [3.63, 3.8) is 0 Å². The highest BCUT2D eigenvalue weighted by Gasteiger charge is 2.13. The third-order valence-corrected chi connectivity index (χ3v) is 1.62. The summed E-state index contributed by atoms with van der Waals surface area (Å²) in [6.07, 6.45) is 2.92. The highest BCUT2D eigenvalue weighted by Crippen LogP contribution is 2.01. The van der Waals surface area contributed by atoms with Gasteiger partial charge in [0.25, 0.3) is 0 Å². The van der Waals surface area contributed by atoms with Gasteiger partial charge in [0.2, 0.25) is 5.91 Å². The lowest BCUT2D eigenvalue weighted by Gasteiger charge is -2.20. The van der Waals surface area contributed by atoms with Crippen LogP contribution >= 0.6 is 0 Å². The maximum absolute atomic E-state index is 11.5. The van der Waals surface area contributed by atoms with Crippen molar-refractivity contribution in [1.29, 1.82) is 0 Å². The molecule has 0 saturated carbocycles. The number of aromatic nitrogens is 2. The topological polar surface area (TPSA) is 92.9 Å². The van der Waals surface area contributed by atoms with Crippen molar-refractivity contribution < 1.29 is 4.79 Å². The van der Waals surface area contributed by atoms with E-state index >= 15 is 0 Å². The molecule has 6 nitrogen and oxygen atoms in total. The van der Waals surface area contributed by atoms with Gasteiger partial charge in [-0.2, -0.15) is 0 Å². The van der Waals surface area contributed by atoms with Crippen LogP contribution < -0.4 is 16.4 Å². The van der Waals surface area contributed by atoms with Crippen molar-refractivity contribution in [3.05, 3.63) is 12.4 Å². The van der Waals surface area contributed by atoms with Crippen LogP contribution in [0.5, 0.6) is 0 Å². The number of rotatable bonds is 3. The molecule has 0 bridgehead atoms. The number of amides is 1. The number of carbonyl (C=O) groups excluding carboxylic acids is 1. The minimum atomic E-state index is -0.231. The highest BCUT2D eigenvalue weighted by atomic mass is 16.2. The van der Waals surface area contributed by atoms with Gasteiger partial charge in [-0.3, -0.25) is 4.79 Å². The molecule has 4 N–H and O–H groups in total. The Morgan fingerprint density at radius 2 is 2.06 bits per heavy atom. The Hall–Kier alpha value is -1.85. The Morgan fingerprint density at radius 1 is 1.38 bits per heavy atom. The van der Waals surface area contributed by atoms with E-state index in [9.17, 15) is 4.79 Å². The minimum absolute atomic E-state index is 0.0916. The van der Waals surface area contributed by atoms with Crippen LogP contribution in [0.4, 0.5) is 11.6 Å². The molecule has 0 aliphatic carbocycles. The first-order valence-corrected chi connectivity index (χ1v) is 4.99. The summed E-state index contributed by atoms with van der Waals surface area (Å²) in [5, 5.41) is 5.68. The van der Waals surface area contributed by atoms with Crippen LogP contribution in [0, 0.1) is 0 Å². The van der Waals surface area contributed by atoms with Crippen LogP contribution in [-0.2, 0) is 4.79 Å². The van der Waals surface area contributed by atoms with Crippen LogP contribution in [0.25, 0.3) is 0 Å². The van der Waals surface area contributed by atoms with E-state index in [1.165, 1.54) is 12.4 Å². The standard InChI is InChI=1S/C10H17N5O/c1-10(2,3)15-9(16)6-14-8-5-12-7(11)4-13-8/h4-5H,6H2,1-3H3,(H2,11,12)(H,13,14)(H,15,16). The Bertz CT molecular complexity index is 354. The number of nitrogens with one attached hydrogen (secondary N) is 2. The van der Waals surface area contributed by atoms with Crippen molar-refractivity contribution in [2.45, 2.75) is 26.3 Å². The second-order valence-electron chi connectivity index (χ2n) is 4.48. The molecule has 0 aromatic carbocycles. The largest absolute Gasteiger partial charge is 0.382 e. The van der Waals surface area contributed by atoms with Crippen molar-refractivity contribution in [2.75, 3.05) is 17.6 Å². The van der Waals surface area contributed by atoms with Crippen LogP contribution in [0.15, 0.2) is 12.4 Å². The molecule has 6 heteroatoms. The third kappa shape index (κ3) is 4.59. The summed E-state index contributed by atoms with van der Waals surface area (Å²) in [6.45, 7) is 5.94. The van der Waals surface area contributed by atoms with Gasteiger partial charge in [0.1, 0.15) is 11.6 Å². The summed E-state index contributed by atoms with van der Waals surface area (Å²) >= 11 is 0. The van der Waals surface area contributed by atoms with E-state index in [0.29, 0.717) is 11.6 Å². The van der Waals surface area contributed by atoms with Crippen LogP contribution in [0.1, 0.15) is 20.8 Å². The Balaban J connectivity index is 2.40. The monoisotopic (exact) mass is 223 g/mol. The molecule has 1 aromatic rings. The maximum Gasteiger partial charge on any atom is 0.239 e. The van der Waals surface area contributed by atoms with Gasteiger partial charge in [-0.25, -0.2) is 9.97 Å². The third-order valence-electron chi connectivity index (χ3n) is 1.62. The van der Waals surface area contributed by atoms with Gasteiger partial charge in [-0.1, -0.05) is 0 Å². The molecule has 88 valence electrons. The minimum Gasteiger partial charge on any atom is -0.382 e. The Morgan fingerprint density at radius 3 is 2.56 bits per heavy atom. The van der Waals surface area contributed by atoms with Gasteiger partial charge in [0.15, 0.2) is 0 Å².